The summed E-state index contributed by atoms with van der Waals surface area (Å²) in [6.07, 6.45) is 7.54. The highest BCUT2D eigenvalue weighted by Gasteiger charge is 2.46. The minimum atomic E-state index is -0.963. The number of amides is 4. The summed E-state index contributed by atoms with van der Waals surface area (Å²) in [7, 11) is 0. The summed E-state index contributed by atoms with van der Waals surface area (Å²) < 4.78 is 0. The van der Waals surface area contributed by atoms with Crippen molar-refractivity contribution < 1.29 is 19.2 Å². The molecule has 5 saturated heterocycles. The Bertz CT molecular complexity index is 2120. The number of imide groups is 2. The fraction of sp³-hybridized carbons (Fsp3) is 0.488. The van der Waals surface area contributed by atoms with E-state index in [1.165, 1.54) is 0 Å². The number of nitrogens with one attached hydrogen (secondary N) is 1. The largest absolute Gasteiger partial charge is 0.368 e. The molecule has 0 saturated carbocycles. The number of halogens is 1. The quantitative estimate of drug-likeness (QED) is 0.277. The van der Waals surface area contributed by atoms with Gasteiger partial charge in [0.15, 0.2) is 0 Å². The van der Waals surface area contributed by atoms with Crippen LogP contribution >= 0.6 is 11.6 Å². The summed E-state index contributed by atoms with van der Waals surface area (Å²) in [6, 6.07) is 11.0. The maximum Gasteiger partial charge on any atom is 0.262 e. The molecule has 14 nitrogen and oxygen atoms in total. The lowest BCUT2D eigenvalue weighted by Gasteiger charge is -2.49. The van der Waals surface area contributed by atoms with Crippen molar-refractivity contribution in [2.45, 2.75) is 63.7 Å². The second-order valence-corrected chi connectivity index (χ2v) is 16.8. The van der Waals surface area contributed by atoms with Gasteiger partial charge in [0.1, 0.15) is 6.04 Å². The molecule has 3 aromatic rings. The van der Waals surface area contributed by atoms with Crippen molar-refractivity contribution in [3.63, 3.8) is 0 Å². The van der Waals surface area contributed by atoms with Crippen LogP contribution in [0.5, 0.6) is 0 Å². The van der Waals surface area contributed by atoms with Crippen LogP contribution in [0.2, 0.25) is 5.02 Å². The molecule has 1 N–H and O–H groups in total. The highest BCUT2D eigenvalue weighted by Crippen LogP contribution is 2.46. The van der Waals surface area contributed by atoms with Crippen molar-refractivity contribution >= 4 is 58.2 Å². The molecule has 6 aliphatic rings. The third kappa shape index (κ3) is 6.65. The molecular formula is C41H45ClN10O4. The van der Waals surface area contributed by atoms with Crippen LogP contribution in [0.25, 0.3) is 4.85 Å². The van der Waals surface area contributed by atoms with E-state index in [-0.39, 0.29) is 24.2 Å². The van der Waals surface area contributed by atoms with Crippen molar-refractivity contribution in [3.8, 4) is 0 Å². The Balaban J connectivity index is 0.725. The highest BCUT2D eigenvalue weighted by molar-refractivity contribution is 6.33. The number of carbonyl (C=O) groups is 4. The second-order valence-electron chi connectivity index (χ2n) is 16.4. The number of nitrogens with zero attached hydrogens (tertiary/aromatic N) is 9. The Kier molecular flexibility index (Phi) is 9.42. The van der Waals surface area contributed by atoms with E-state index in [4.69, 9.17) is 28.1 Å². The van der Waals surface area contributed by atoms with E-state index in [0.29, 0.717) is 33.9 Å². The van der Waals surface area contributed by atoms with Gasteiger partial charge in [-0.15, -0.1) is 0 Å². The van der Waals surface area contributed by atoms with Gasteiger partial charge in [0.25, 0.3) is 11.8 Å². The van der Waals surface area contributed by atoms with Gasteiger partial charge in [0, 0.05) is 118 Å². The summed E-state index contributed by atoms with van der Waals surface area (Å²) >= 11 is 6.38. The summed E-state index contributed by atoms with van der Waals surface area (Å²) in [6.45, 7) is 18.8. The highest BCUT2D eigenvalue weighted by atomic mass is 35.5. The number of piperidine rings is 2. The van der Waals surface area contributed by atoms with Crippen molar-refractivity contribution in [2.24, 2.45) is 5.41 Å². The van der Waals surface area contributed by atoms with E-state index in [1.54, 1.807) is 12.1 Å². The van der Waals surface area contributed by atoms with E-state index < -0.39 is 23.8 Å². The molecule has 4 amide bonds. The third-order valence-corrected chi connectivity index (χ3v) is 13.2. The molecule has 9 rings (SSSR count). The number of hydrogen-bond acceptors (Lipinski definition) is 11. The number of hydrogen-bond donors (Lipinski definition) is 1. The molecule has 56 heavy (non-hydrogen) atoms. The van der Waals surface area contributed by atoms with Crippen LogP contribution in [-0.4, -0.2) is 125 Å². The summed E-state index contributed by atoms with van der Waals surface area (Å²) in [5, 5.41) is 2.76. The topological polar surface area (TPSA) is 130 Å². The molecule has 290 valence electrons. The molecule has 2 atom stereocenters. The van der Waals surface area contributed by atoms with E-state index in [2.05, 4.69) is 41.6 Å². The monoisotopic (exact) mass is 776 g/mol. The molecule has 0 aliphatic carbocycles. The van der Waals surface area contributed by atoms with Crippen molar-refractivity contribution in [2.75, 3.05) is 73.6 Å². The van der Waals surface area contributed by atoms with Gasteiger partial charge in [-0.3, -0.25) is 39.2 Å². The number of rotatable bonds is 7. The first-order valence-corrected chi connectivity index (χ1v) is 20.0. The molecule has 1 unspecified atom stereocenters. The summed E-state index contributed by atoms with van der Waals surface area (Å²) in [5.41, 5.74) is 4.48. The first-order valence-electron chi connectivity index (χ1n) is 19.6. The normalized spacial score (nSPS) is 24.4. The number of carbonyl (C=O) groups excluding carboxylic acids is 4. The Hall–Kier alpha value is -5.10. The first kappa shape index (κ1) is 36.5. The van der Waals surface area contributed by atoms with Crippen molar-refractivity contribution in [1.82, 2.24) is 30.0 Å². The number of aromatic nitrogens is 2. The minimum Gasteiger partial charge on any atom is -0.368 e. The van der Waals surface area contributed by atoms with Gasteiger partial charge in [-0.05, 0) is 68.4 Å². The number of benzene rings is 2. The molecule has 1 aromatic heterocycles. The molecule has 7 heterocycles. The van der Waals surface area contributed by atoms with Crippen LogP contribution < -0.4 is 20.0 Å². The lowest BCUT2D eigenvalue weighted by molar-refractivity contribution is -0.136. The maximum absolute atomic E-state index is 13.3. The van der Waals surface area contributed by atoms with E-state index >= 15 is 0 Å². The lowest BCUT2D eigenvalue weighted by Crippen LogP contribution is -2.63. The van der Waals surface area contributed by atoms with E-state index in [1.807, 2.05) is 36.7 Å². The van der Waals surface area contributed by atoms with Crippen LogP contribution in [0, 0.1) is 12.0 Å². The van der Waals surface area contributed by atoms with Crippen LogP contribution in [0.15, 0.2) is 48.8 Å². The van der Waals surface area contributed by atoms with Crippen molar-refractivity contribution in [3.05, 3.63) is 81.9 Å². The molecule has 1 spiro atoms. The molecule has 5 fully saturated rings. The maximum atomic E-state index is 13.3. The Labute approximate surface area is 331 Å². The molecule has 15 heteroatoms. The lowest BCUT2D eigenvalue weighted by atomic mass is 9.77. The van der Waals surface area contributed by atoms with Gasteiger partial charge in [-0.25, -0.2) is 14.8 Å². The van der Waals surface area contributed by atoms with Crippen molar-refractivity contribution in [1.29, 1.82) is 0 Å². The first-order chi connectivity index (χ1) is 27.1. The van der Waals surface area contributed by atoms with Crippen LogP contribution in [0.3, 0.4) is 0 Å². The fourth-order valence-electron chi connectivity index (χ4n) is 9.66. The average molecular weight is 777 g/mol. The molecule has 2 aromatic carbocycles. The van der Waals surface area contributed by atoms with Crippen LogP contribution in [0.4, 0.5) is 23.0 Å². The number of anilines is 3. The molecule has 6 aliphatic heterocycles. The number of piperazine rings is 1. The Morgan fingerprint density at radius 1 is 0.893 bits per heavy atom. The summed E-state index contributed by atoms with van der Waals surface area (Å²) in [4.78, 5) is 76.5. The van der Waals surface area contributed by atoms with Gasteiger partial charge < -0.3 is 14.7 Å². The van der Waals surface area contributed by atoms with Gasteiger partial charge in [-0.2, -0.15) is 0 Å². The van der Waals surface area contributed by atoms with Gasteiger partial charge >= 0.3 is 0 Å². The predicted molar refractivity (Wildman–Crippen MR) is 211 cm³/mol. The fourth-order valence-corrected chi connectivity index (χ4v) is 9.88. The van der Waals surface area contributed by atoms with Gasteiger partial charge in [0.2, 0.25) is 23.5 Å². The smallest absolute Gasteiger partial charge is 0.262 e. The minimum absolute atomic E-state index is 0.0989. The number of fused-ring (bicyclic) bond motifs is 1. The standard InChI is InChI=1S/C41H45ClN10O4/c1-26-19-41(25-51(26)29-4-6-34(43-2)33(42)18-29)9-11-49(12-10-41)40-44-20-27(21-45-40)22-47-13-15-48(16-14-47)30-23-50(24-30)28-3-5-31-32(17-28)39(56)52(38(31)55)35-7-8-36(53)46-37(35)54/h3-6,17-18,20-21,26,30,35H,7-16,19,22-25H2,1H3,(H,46,53,54)/t26-,35?/m0/s1. The Morgan fingerprint density at radius 2 is 1.61 bits per heavy atom. The molecular weight excluding hydrogens is 732 g/mol. The Morgan fingerprint density at radius 3 is 2.30 bits per heavy atom. The second kappa shape index (κ2) is 14.4. The van der Waals surface area contributed by atoms with Gasteiger partial charge in [0.05, 0.1) is 17.7 Å². The third-order valence-electron chi connectivity index (χ3n) is 12.9. The molecule has 0 bridgehead atoms. The van der Waals surface area contributed by atoms with E-state index in [9.17, 15) is 19.2 Å². The summed E-state index contributed by atoms with van der Waals surface area (Å²) in [5.74, 6) is -1.14. The van der Waals surface area contributed by atoms with Crippen LogP contribution in [0.1, 0.15) is 65.3 Å². The zero-order valence-corrected chi connectivity index (χ0v) is 32.2. The SMILES string of the molecule is [C-]#[N+]c1ccc(N2CC3(CCN(c4ncc(CN5CCN(C6CN(c7ccc8c(c7)C(=O)N(C7CCC(=O)NC7=O)C8=O)C6)CC5)cn4)CC3)C[C@@H]2C)cc1Cl. The molecule has 0 radical (unpaired) electrons. The van der Waals surface area contributed by atoms with E-state index in [0.717, 1.165) is 112 Å². The van der Waals surface area contributed by atoms with Crippen LogP contribution in [-0.2, 0) is 16.1 Å². The van der Waals surface area contributed by atoms with Gasteiger partial charge in [-0.1, -0.05) is 17.7 Å². The predicted octanol–water partition coefficient (Wildman–Crippen LogP) is 3.97. The zero-order valence-electron chi connectivity index (χ0n) is 31.5. The average Bonchev–Trinajstić information content (AvgIpc) is 3.63. The zero-order chi connectivity index (χ0) is 38.7.